The molecule has 0 aliphatic carbocycles. The molecule has 0 aromatic carbocycles. The van der Waals surface area contributed by atoms with Crippen LogP contribution in [0, 0.1) is 11.8 Å². The number of hydrogen-bond donors (Lipinski definition) is 0. The number of fused-ring (bicyclic) bond motifs is 2. The lowest BCUT2D eigenvalue weighted by molar-refractivity contribution is -0.986. The highest BCUT2D eigenvalue weighted by Gasteiger charge is 2.50. The molecular weight excluding hydrogens is 194 g/mol. The van der Waals surface area contributed by atoms with Crippen molar-refractivity contribution >= 4 is 0 Å². The highest BCUT2D eigenvalue weighted by Crippen LogP contribution is 2.45. The molecule has 2 bridgehead atoms. The Morgan fingerprint density at radius 3 is 1.81 bits per heavy atom. The minimum absolute atomic E-state index is 0.809. The Morgan fingerprint density at radius 2 is 1.44 bits per heavy atom. The fourth-order valence-corrected chi connectivity index (χ4v) is 4.32. The van der Waals surface area contributed by atoms with Gasteiger partial charge in [0.2, 0.25) is 0 Å². The molecule has 0 amide bonds. The summed E-state index contributed by atoms with van der Waals surface area (Å²) in [6, 6.07) is 2.73. The molecule has 94 valence electrons. The minimum atomic E-state index is 0.809. The molecule has 2 fully saturated rings. The van der Waals surface area contributed by atoms with Crippen molar-refractivity contribution < 1.29 is 4.48 Å². The van der Waals surface area contributed by atoms with Gasteiger partial charge in [0.05, 0.1) is 25.2 Å². The maximum Gasteiger partial charge on any atom is 0.0895 e. The van der Waals surface area contributed by atoms with Crippen molar-refractivity contribution in [2.75, 3.05) is 7.05 Å². The maximum atomic E-state index is 2.54. The summed E-state index contributed by atoms with van der Waals surface area (Å²) in [7, 11) is 2.54. The molecule has 2 saturated heterocycles. The number of rotatable bonds is 2. The predicted octanol–water partition coefficient (Wildman–Crippen LogP) is 3.83. The van der Waals surface area contributed by atoms with Gasteiger partial charge in [-0.15, -0.1) is 0 Å². The highest BCUT2D eigenvalue weighted by molar-refractivity contribution is 4.85. The Balaban J connectivity index is 2.20. The molecule has 16 heavy (non-hydrogen) atoms. The summed E-state index contributed by atoms with van der Waals surface area (Å²) in [5.74, 6) is 1.89. The fourth-order valence-electron chi connectivity index (χ4n) is 4.32. The standard InChI is InChI=1S/C15H30N/c1-11(2)13-9-14-7-6-8-15(10-13)16(14,5)12(3)4/h11-15H,6-10H2,1-5H3/q+1. The van der Waals surface area contributed by atoms with E-state index in [0.29, 0.717) is 0 Å². The summed E-state index contributed by atoms with van der Waals surface area (Å²) < 4.78 is 1.38. The third-order valence-corrected chi connectivity index (χ3v) is 5.85. The van der Waals surface area contributed by atoms with E-state index in [9.17, 15) is 0 Å². The van der Waals surface area contributed by atoms with E-state index < -0.39 is 0 Å². The van der Waals surface area contributed by atoms with Gasteiger partial charge in [-0.25, -0.2) is 0 Å². The molecule has 0 saturated carbocycles. The van der Waals surface area contributed by atoms with Crippen LogP contribution < -0.4 is 0 Å². The molecule has 2 aliphatic heterocycles. The van der Waals surface area contributed by atoms with E-state index in [2.05, 4.69) is 34.7 Å². The van der Waals surface area contributed by atoms with Crippen molar-refractivity contribution in [3.63, 3.8) is 0 Å². The third-order valence-electron chi connectivity index (χ3n) is 5.85. The molecule has 2 heterocycles. The Labute approximate surface area is 102 Å². The Hall–Kier alpha value is -0.0400. The first-order valence-electron chi connectivity index (χ1n) is 7.31. The van der Waals surface area contributed by atoms with Gasteiger partial charge in [0.15, 0.2) is 0 Å². The van der Waals surface area contributed by atoms with Gasteiger partial charge in [0.25, 0.3) is 0 Å². The molecule has 0 aromatic rings. The van der Waals surface area contributed by atoms with E-state index in [4.69, 9.17) is 0 Å². The summed E-state index contributed by atoms with van der Waals surface area (Å²) in [5, 5.41) is 0. The van der Waals surface area contributed by atoms with E-state index in [1.54, 1.807) is 0 Å². The summed E-state index contributed by atoms with van der Waals surface area (Å²) in [6.45, 7) is 9.71. The van der Waals surface area contributed by atoms with Gasteiger partial charge in [0.1, 0.15) is 0 Å². The van der Waals surface area contributed by atoms with Crippen molar-refractivity contribution in [3.8, 4) is 0 Å². The Bertz CT molecular complexity index is 230. The topological polar surface area (TPSA) is 0 Å². The first-order valence-corrected chi connectivity index (χ1v) is 7.31. The van der Waals surface area contributed by atoms with Crippen molar-refractivity contribution in [1.29, 1.82) is 0 Å². The van der Waals surface area contributed by atoms with Crippen LogP contribution in [0.5, 0.6) is 0 Å². The van der Waals surface area contributed by atoms with Gasteiger partial charge >= 0.3 is 0 Å². The molecule has 2 rings (SSSR count). The van der Waals surface area contributed by atoms with Crippen molar-refractivity contribution in [2.45, 2.75) is 77.9 Å². The van der Waals surface area contributed by atoms with E-state index in [1.807, 2.05) is 0 Å². The van der Waals surface area contributed by atoms with Gasteiger partial charge in [-0.3, -0.25) is 0 Å². The van der Waals surface area contributed by atoms with Crippen LogP contribution >= 0.6 is 0 Å². The number of nitrogens with zero attached hydrogens (tertiary/aromatic N) is 1. The van der Waals surface area contributed by atoms with Crippen LogP contribution in [0.4, 0.5) is 0 Å². The van der Waals surface area contributed by atoms with Crippen molar-refractivity contribution in [1.82, 2.24) is 0 Å². The monoisotopic (exact) mass is 224 g/mol. The molecule has 0 radical (unpaired) electrons. The zero-order valence-corrected chi connectivity index (χ0v) is 11.9. The van der Waals surface area contributed by atoms with Crippen molar-refractivity contribution in [2.24, 2.45) is 11.8 Å². The fraction of sp³-hybridized carbons (Fsp3) is 1.00. The Kier molecular flexibility index (Phi) is 3.36. The molecule has 2 unspecified atom stereocenters. The molecule has 0 spiro atoms. The summed E-state index contributed by atoms with van der Waals surface area (Å²) >= 11 is 0. The lowest BCUT2D eigenvalue weighted by Crippen LogP contribution is -2.67. The SMILES string of the molecule is CC(C)C1CC2CCCC(C1)[N+]2(C)C(C)C. The molecule has 1 heteroatoms. The number of hydrogen-bond acceptors (Lipinski definition) is 0. The van der Waals surface area contributed by atoms with Crippen LogP contribution in [0.25, 0.3) is 0 Å². The van der Waals surface area contributed by atoms with Crippen LogP contribution in [0.1, 0.15) is 59.8 Å². The highest BCUT2D eigenvalue weighted by atomic mass is 15.4. The quantitative estimate of drug-likeness (QED) is 0.625. The van der Waals surface area contributed by atoms with E-state index in [1.165, 1.54) is 36.6 Å². The minimum Gasteiger partial charge on any atom is -0.319 e. The van der Waals surface area contributed by atoms with Gasteiger partial charge in [-0.05, 0) is 44.9 Å². The molecule has 2 atom stereocenters. The molecular formula is C15H30N+. The normalized spacial score (nSPS) is 44.1. The predicted molar refractivity (Wildman–Crippen MR) is 70.3 cm³/mol. The second-order valence-electron chi connectivity index (χ2n) is 7.03. The largest absolute Gasteiger partial charge is 0.319 e. The van der Waals surface area contributed by atoms with Crippen LogP contribution in [0.15, 0.2) is 0 Å². The summed E-state index contributed by atoms with van der Waals surface area (Å²) in [4.78, 5) is 0. The third kappa shape index (κ3) is 1.81. The summed E-state index contributed by atoms with van der Waals surface area (Å²) in [6.07, 6.45) is 7.43. The first-order chi connectivity index (χ1) is 7.46. The second kappa shape index (κ2) is 4.33. The lowest BCUT2D eigenvalue weighted by atomic mass is 9.72. The van der Waals surface area contributed by atoms with Crippen molar-refractivity contribution in [3.05, 3.63) is 0 Å². The van der Waals surface area contributed by atoms with Crippen LogP contribution in [0.2, 0.25) is 0 Å². The zero-order valence-electron chi connectivity index (χ0n) is 11.9. The molecule has 0 N–H and O–H groups in total. The van der Waals surface area contributed by atoms with Gasteiger partial charge in [0, 0.05) is 12.8 Å². The second-order valence-corrected chi connectivity index (χ2v) is 7.03. The lowest BCUT2D eigenvalue weighted by Gasteiger charge is -2.58. The maximum absolute atomic E-state index is 2.54. The van der Waals surface area contributed by atoms with Crippen LogP contribution in [-0.4, -0.2) is 29.7 Å². The average molecular weight is 224 g/mol. The first kappa shape index (κ1) is 12.4. The summed E-state index contributed by atoms with van der Waals surface area (Å²) in [5.41, 5.74) is 0. The van der Waals surface area contributed by atoms with Crippen LogP contribution in [-0.2, 0) is 0 Å². The Morgan fingerprint density at radius 1 is 0.938 bits per heavy atom. The number of quaternary nitrogens is 1. The molecule has 2 aliphatic rings. The zero-order chi connectivity index (χ0) is 11.9. The van der Waals surface area contributed by atoms with E-state index in [-0.39, 0.29) is 0 Å². The number of piperidine rings is 2. The van der Waals surface area contributed by atoms with Gasteiger partial charge in [-0.2, -0.15) is 0 Å². The molecule has 1 nitrogen and oxygen atoms in total. The smallest absolute Gasteiger partial charge is 0.0895 e. The molecule has 0 aromatic heterocycles. The van der Waals surface area contributed by atoms with Gasteiger partial charge in [-0.1, -0.05) is 13.8 Å². The van der Waals surface area contributed by atoms with Gasteiger partial charge < -0.3 is 4.48 Å². The van der Waals surface area contributed by atoms with E-state index in [0.717, 1.165) is 30.0 Å². The van der Waals surface area contributed by atoms with Crippen LogP contribution in [0.3, 0.4) is 0 Å². The average Bonchev–Trinajstić information content (AvgIpc) is 2.15. The van der Waals surface area contributed by atoms with E-state index >= 15 is 0 Å².